The van der Waals surface area contributed by atoms with Crippen LogP contribution in [0.2, 0.25) is 0 Å². The van der Waals surface area contributed by atoms with Crippen molar-refractivity contribution in [3.05, 3.63) is 18.3 Å². The zero-order valence-corrected chi connectivity index (χ0v) is 12.1. The van der Waals surface area contributed by atoms with E-state index in [4.69, 9.17) is 0 Å². The molecule has 7 heteroatoms. The number of nitrogens with one attached hydrogen (secondary N) is 3. The van der Waals surface area contributed by atoms with E-state index < -0.39 is 6.03 Å². The third kappa shape index (κ3) is 5.55. The predicted molar refractivity (Wildman–Crippen MR) is 78.9 cm³/mol. The van der Waals surface area contributed by atoms with Crippen molar-refractivity contribution in [3.63, 3.8) is 0 Å². The van der Waals surface area contributed by atoms with Crippen molar-refractivity contribution >= 4 is 23.4 Å². The normalized spacial score (nSPS) is 9.75. The molecule has 0 fully saturated rings. The molecular weight excluding hydrogens is 258 g/mol. The summed E-state index contributed by atoms with van der Waals surface area (Å²) in [6.07, 6.45) is 2.42. The van der Waals surface area contributed by atoms with Crippen molar-refractivity contribution in [2.75, 3.05) is 37.4 Å². The molecule has 0 radical (unpaired) electrons. The second kappa shape index (κ2) is 7.98. The highest BCUT2D eigenvalue weighted by Gasteiger charge is 2.05. The Bertz CT molecular complexity index is 445. The lowest BCUT2D eigenvalue weighted by molar-refractivity contribution is -0.120. The van der Waals surface area contributed by atoms with Gasteiger partial charge in [-0.05, 0) is 18.6 Å². The Morgan fingerprint density at radius 3 is 2.55 bits per heavy atom. The van der Waals surface area contributed by atoms with Crippen LogP contribution in [0.5, 0.6) is 0 Å². The zero-order valence-electron chi connectivity index (χ0n) is 12.1. The first kappa shape index (κ1) is 15.7. The van der Waals surface area contributed by atoms with E-state index >= 15 is 0 Å². The fourth-order valence-corrected chi connectivity index (χ4v) is 1.39. The summed E-state index contributed by atoms with van der Waals surface area (Å²) < 4.78 is 0. The standard InChI is InChI=1S/C13H21N5O2/c1-4-7-14-12(19)9-16-13(20)17-10-5-6-11(15-8-10)18(2)3/h5-6,8H,4,7,9H2,1-3H3,(H,14,19)(H2,16,17,20). The number of hydrogen-bond donors (Lipinski definition) is 3. The minimum Gasteiger partial charge on any atom is -0.363 e. The molecule has 0 aliphatic rings. The van der Waals surface area contributed by atoms with E-state index in [-0.39, 0.29) is 12.5 Å². The third-order valence-corrected chi connectivity index (χ3v) is 2.45. The molecule has 0 spiro atoms. The van der Waals surface area contributed by atoms with E-state index in [0.29, 0.717) is 12.2 Å². The molecule has 1 rings (SSSR count). The van der Waals surface area contributed by atoms with Crippen molar-refractivity contribution in [1.29, 1.82) is 0 Å². The first-order valence-corrected chi connectivity index (χ1v) is 6.48. The van der Waals surface area contributed by atoms with Crippen molar-refractivity contribution in [3.8, 4) is 0 Å². The van der Waals surface area contributed by atoms with Gasteiger partial charge in [-0.25, -0.2) is 9.78 Å². The smallest absolute Gasteiger partial charge is 0.319 e. The average molecular weight is 279 g/mol. The lowest BCUT2D eigenvalue weighted by Crippen LogP contribution is -2.39. The summed E-state index contributed by atoms with van der Waals surface area (Å²) in [7, 11) is 3.77. The summed E-state index contributed by atoms with van der Waals surface area (Å²) in [6.45, 7) is 2.53. The van der Waals surface area contributed by atoms with Crippen LogP contribution in [0.25, 0.3) is 0 Å². The fourth-order valence-electron chi connectivity index (χ4n) is 1.39. The number of anilines is 2. The minimum atomic E-state index is -0.434. The van der Waals surface area contributed by atoms with Gasteiger partial charge in [-0.2, -0.15) is 0 Å². The number of nitrogens with zero attached hydrogens (tertiary/aromatic N) is 2. The van der Waals surface area contributed by atoms with Gasteiger partial charge >= 0.3 is 6.03 Å². The minimum absolute atomic E-state index is 0.0466. The molecule has 0 saturated carbocycles. The quantitative estimate of drug-likeness (QED) is 0.719. The second-order valence-electron chi connectivity index (χ2n) is 4.46. The molecule has 0 saturated heterocycles. The molecule has 0 aliphatic heterocycles. The molecule has 1 aromatic rings. The lowest BCUT2D eigenvalue weighted by Gasteiger charge is -2.12. The number of rotatable bonds is 6. The van der Waals surface area contributed by atoms with Gasteiger partial charge in [-0.3, -0.25) is 4.79 Å². The van der Waals surface area contributed by atoms with Gasteiger partial charge in [0.1, 0.15) is 5.82 Å². The van der Waals surface area contributed by atoms with Crippen LogP contribution in [0.4, 0.5) is 16.3 Å². The van der Waals surface area contributed by atoms with Gasteiger partial charge in [-0.1, -0.05) is 6.92 Å². The van der Waals surface area contributed by atoms with Crippen molar-refractivity contribution in [1.82, 2.24) is 15.6 Å². The van der Waals surface area contributed by atoms with Crippen LogP contribution in [0, 0.1) is 0 Å². The van der Waals surface area contributed by atoms with Gasteiger partial charge < -0.3 is 20.9 Å². The Hall–Kier alpha value is -2.31. The maximum atomic E-state index is 11.6. The summed E-state index contributed by atoms with van der Waals surface area (Å²) in [6, 6.07) is 3.11. The van der Waals surface area contributed by atoms with Crippen molar-refractivity contribution in [2.24, 2.45) is 0 Å². The molecule has 3 amide bonds. The number of pyridine rings is 1. The molecule has 110 valence electrons. The van der Waals surface area contributed by atoms with Gasteiger partial charge in [0, 0.05) is 20.6 Å². The molecule has 0 aliphatic carbocycles. The Morgan fingerprint density at radius 1 is 1.25 bits per heavy atom. The first-order valence-electron chi connectivity index (χ1n) is 6.48. The largest absolute Gasteiger partial charge is 0.363 e. The van der Waals surface area contributed by atoms with Gasteiger partial charge in [0.2, 0.25) is 5.91 Å². The molecule has 3 N–H and O–H groups in total. The maximum Gasteiger partial charge on any atom is 0.319 e. The Morgan fingerprint density at radius 2 is 2.00 bits per heavy atom. The fraction of sp³-hybridized carbons (Fsp3) is 0.462. The van der Waals surface area contributed by atoms with Gasteiger partial charge in [0.25, 0.3) is 0 Å². The number of carbonyl (C=O) groups is 2. The Balaban J connectivity index is 2.36. The first-order chi connectivity index (χ1) is 9.52. The molecule has 1 heterocycles. The molecule has 0 unspecified atom stereocenters. The number of amides is 3. The zero-order chi connectivity index (χ0) is 15.0. The summed E-state index contributed by atoms with van der Waals surface area (Å²) in [5.41, 5.74) is 0.571. The molecule has 0 bridgehead atoms. The number of hydrogen-bond acceptors (Lipinski definition) is 4. The summed E-state index contributed by atoms with van der Waals surface area (Å²) in [4.78, 5) is 28.9. The van der Waals surface area contributed by atoms with E-state index in [2.05, 4.69) is 20.9 Å². The summed E-state index contributed by atoms with van der Waals surface area (Å²) in [5, 5.41) is 7.76. The highest BCUT2D eigenvalue weighted by Crippen LogP contribution is 2.11. The molecule has 0 atom stereocenters. The SMILES string of the molecule is CCCNC(=O)CNC(=O)Nc1ccc(N(C)C)nc1. The average Bonchev–Trinajstić information content (AvgIpc) is 2.43. The monoisotopic (exact) mass is 279 g/mol. The number of carbonyl (C=O) groups excluding carboxylic acids is 2. The van der Waals surface area contributed by atoms with Crippen LogP contribution >= 0.6 is 0 Å². The van der Waals surface area contributed by atoms with Crippen LogP contribution < -0.4 is 20.9 Å². The second-order valence-corrected chi connectivity index (χ2v) is 4.46. The van der Waals surface area contributed by atoms with Gasteiger partial charge in [0.05, 0.1) is 18.4 Å². The third-order valence-electron chi connectivity index (χ3n) is 2.45. The summed E-state index contributed by atoms with van der Waals surface area (Å²) in [5.74, 6) is 0.595. The molecule has 7 nitrogen and oxygen atoms in total. The highest BCUT2D eigenvalue weighted by molar-refractivity contribution is 5.92. The van der Waals surface area contributed by atoms with Gasteiger partial charge in [-0.15, -0.1) is 0 Å². The van der Waals surface area contributed by atoms with Crippen LogP contribution in [0.1, 0.15) is 13.3 Å². The molecular formula is C13H21N5O2. The highest BCUT2D eigenvalue weighted by atomic mass is 16.2. The van der Waals surface area contributed by atoms with E-state index in [1.807, 2.05) is 25.9 Å². The molecule has 20 heavy (non-hydrogen) atoms. The van der Waals surface area contributed by atoms with Crippen LogP contribution in [0.3, 0.4) is 0 Å². The van der Waals surface area contributed by atoms with E-state index in [9.17, 15) is 9.59 Å². The summed E-state index contributed by atoms with van der Waals surface area (Å²) >= 11 is 0. The van der Waals surface area contributed by atoms with Gasteiger partial charge in [0.15, 0.2) is 0 Å². The van der Waals surface area contributed by atoms with Crippen LogP contribution in [-0.4, -0.2) is 44.1 Å². The van der Waals surface area contributed by atoms with Crippen LogP contribution in [-0.2, 0) is 4.79 Å². The predicted octanol–water partition coefficient (Wildman–Crippen LogP) is 0.795. The van der Waals surface area contributed by atoms with Crippen molar-refractivity contribution in [2.45, 2.75) is 13.3 Å². The lowest BCUT2D eigenvalue weighted by atomic mass is 10.4. The Labute approximate surface area is 118 Å². The van der Waals surface area contributed by atoms with E-state index in [1.165, 1.54) is 0 Å². The number of aromatic nitrogens is 1. The maximum absolute atomic E-state index is 11.6. The Kier molecular flexibility index (Phi) is 6.28. The topological polar surface area (TPSA) is 86.4 Å². The van der Waals surface area contributed by atoms with E-state index in [1.54, 1.807) is 18.3 Å². The molecule has 1 aromatic heterocycles. The van der Waals surface area contributed by atoms with Crippen LogP contribution in [0.15, 0.2) is 18.3 Å². The molecule has 0 aromatic carbocycles. The number of urea groups is 1. The van der Waals surface area contributed by atoms with Crippen molar-refractivity contribution < 1.29 is 9.59 Å². The van der Waals surface area contributed by atoms with E-state index in [0.717, 1.165) is 12.2 Å².